The Balaban J connectivity index is 2.74. The van der Waals surface area contributed by atoms with Crippen molar-refractivity contribution >= 4 is 11.9 Å². The zero-order valence-corrected chi connectivity index (χ0v) is 9.03. The third-order valence-corrected chi connectivity index (χ3v) is 2.47. The number of carboxylic acids is 1. The normalized spacial score (nSPS) is 25.8. The largest absolute Gasteiger partial charge is 0.481 e. The van der Waals surface area contributed by atoms with Gasteiger partial charge in [0.1, 0.15) is 0 Å². The Morgan fingerprint density at radius 2 is 2.06 bits per heavy atom. The maximum absolute atomic E-state index is 12.4. The minimum atomic E-state index is -4.55. The van der Waals surface area contributed by atoms with E-state index in [4.69, 9.17) is 5.11 Å². The highest BCUT2D eigenvalue weighted by atomic mass is 19.4. The second-order valence-electron chi connectivity index (χ2n) is 3.79. The minimum Gasteiger partial charge on any atom is -0.481 e. The molecule has 0 saturated carbocycles. The second kappa shape index (κ2) is 4.91. The van der Waals surface area contributed by atoms with Crippen molar-refractivity contribution in [2.75, 3.05) is 13.2 Å². The number of nitrogens with zero attached hydrogens (tertiary/aromatic N) is 1. The Morgan fingerprint density at radius 3 is 2.47 bits per heavy atom. The molecule has 1 N–H and O–H groups in total. The molecule has 1 saturated heterocycles. The summed E-state index contributed by atoms with van der Waals surface area (Å²) in [4.78, 5) is 22.6. The van der Waals surface area contributed by atoms with Crippen molar-refractivity contribution < 1.29 is 32.6 Å². The van der Waals surface area contributed by atoms with Crippen molar-refractivity contribution in [3.63, 3.8) is 0 Å². The summed E-state index contributed by atoms with van der Waals surface area (Å²) in [5.41, 5.74) is 0. The van der Waals surface area contributed by atoms with E-state index in [0.29, 0.717) is 0 Å². The Hall–Kier alpha value is -1.31. The lowest BCUT2D eigenvalue weighted by Gasteiger charge is -2.39. The van der Waals surface area contributed by atoms with Crippen LogP contribution < -0.4 is 0 Å². The molecule has 2 atom stereocenters. The van der Waals surface area contributed by atoms with Gasteiger partial charge in [-0.3, -0.25) is 9.59 Å². The van der Waals surface area contributed by atoms with Crippen LogP contribution in [-0.2, 0) is 14.3 Å². The highest BCUT2D eigenvalue weighted by Gasteiger charge is 2.46. The van der Waals surface area contributed by atoms with Gasteiger partial charge in [0.25, 0.3) is 0 Å². The first kappa shape index (κ1) is 13.8. The molecule has 1 heterocycles. The number of hydrogen-bond donors (Lipinski definition) is 1. The van der Waals surface area contributed by atoms with E-state index in [0.717, 1.165) is 11.8 Å². The smallest absolute Gasteiger partial charge is 0.416 e. The van der Waals surface area contributed by atoms with Gasteiger partial charge >= 0.3 is 12.1 Å². The molecule has 1 amide bonds. The first-order valence-electron chi connectivity index (χ1n) is 4.89. The molecule has 5 nitrogen and oxygen atoms in total. The fourth-order valence-electron chi connectivity index (χ4n) is 1.65. The third kappa shape index (κ3) is 3.58. The highest BCUT2D eigenvalue weighted by molar-refractivity contribution is 5.75. The summed E-state index contributed by atoms with van der Waals surface area (Å²) in [6.45, 7) is 0.0282. The van der Waals surface area contributed by atoms with Crippen molar-refractivity contribution in [1.29, 1.82) is 0 Å². The van der Waals surface area contributed by atoms with Gasteiger partial charge in [-0.25, -0.2) is 0 Å². The number of halogens is 3. The summed E-state index contributed by atoms with van der Waals surface area (Å²) >= 11 is 0. The van der Waals surface area contributed by atoms with Crippen LogP contribution in [0.15, 0.2) is 0 Å². The molecule has 0 radical (unpaired) electrons. The lowest BCUT2D eigenvalue weighted by Crippen LogP contribution is -2.56. The van der Waals surface area contributed by atoms with E-state index in [1.165, 1.54) is 0 Å². The first-order valence-corrected chi connectivity index (χ1v) is 4.89. The monoisotopic (exact) mass is 255 g/mol. The zero-order valence-electron chi connectivity index (χ0n) is 9.03. The molecular weight excluding hydrogens is 243 g/mol. The van der Waals surface area contributed by atoms with Crippen LogP contribution in [0.25, 0.3) is 0 Å². The molecule has 0 spiro atoms. The van der Waals surface area contributed by atoms with E-state index >= 15 is 0 Å². The standard InChI is InChI=1S/C9H12F3NO4/c1-5(14)13-3-7(9(10,11)12)17-4-6(13)2-8(15)16/h6-7H,2-4H2,1H3,(H,15,16)/t6-,7-/m1/s1. The van der Waals surface area contributed by atoms with Crippen molar-refractivity contribution in [3.8, 4) is 0 Å². The second-order valence-corrected chi connectivity index (χ2v) is 3.79. The molecule has 98 valence electrons. The van der Waals surface area contributed by atoms with Crippen molar-refractivity contribution in [2.45, 2.75) is 31.7 Å². The number of morpholine rings is 1. The maximum Gasteiger partial charge on any atom is 0.416 e. The van der Waals surface area contributed by atoms with E-state index in [-0.39, 0.29) is 0 Å². The van der Waals surface area contributed by atoms with Crippen LogP contribution in [0, 0.1) is 0 Å². The average molecular weight is 255 g/mol. The van der Waals surface area contributed by atoms with Crippen LogP contribution in [0.2, 0.25) is 0 Å². The van der Waals surface area contributed by atoms with E-state index in [1.54, 1.807) is 0 Å². The summed E-state index contributed by atoms with van der Waals surface area (Å²) in [5.74, 6) is -1.77. The van der Waals surface area contributed by atoms with Crippen LogP contribution in [0.4, 0.5) is 13.2 Å². The molecule has 0 aromatic rings. The summed E-state index contributed by atoms with van der Waals surface area (Å²) in [7, 11) is 0. The van der Waals surface area contributed by atoms with E-state index < -0.39 is 49.8 Å². The molecule has 17 heavy (non-hydrogen) atoms. The number of hydrogen-bond acceptors (Lipinski definition) is 3. The number of carbonyl (C=O) groups is 2. The van der Waals surface area contributed by atoms with Gasteiger partial charge in [-0.05, 0) is 0 Å². The Morgan fingerprint density at radius 1 is 1.47 bits per heavy atom. The summed E-state index contributed by atoms with van der Waals surface area (Å²) in [6, 6.07) is -0.844. The van der Waals surface area contributed by atoms with Gasteiger partial charge in [0.15, 0.2) is 6.10 Å². The van der Waals surface area contributed by atoms with Crippen molar-refractivity contribution in [2.24, 2.45) is 0 Å². The number of ether oxygens (including phenoxy) is 1. The number of carboxylic acid groups (broad SMARTS) is 1. The van der Waals surface area contributed by atoms with Crippen LogP contribution in [0.5, 0.6) is 0 Å². The Kier molecular flexibility index (Phi) is 3.97. The fraction of sp³-hybridized carbons (Fsp3) is 0.778. The van der Waals surface area contributed by atoms with Crippen LogP contribution in [-0.4, -0.2) is 53.4 Å². The number of rotatable bonds is 2. The number of alkyl halides is 3. The van der Waals surface area contributed by atoms with Gasteiger partial charge in [-0.15, -0.1) is 0 Å². The SMILES string of the molecule is CC(=O)N1C[C@H](C(F)(F)F)OC[C@H]1CC(=O)O. The molecule has 8 heteroatoms. The lowest BCUT2D eigenvalue weighted by molar-refractivity contribution is -0.243. The number of carbonyl (C=O) groups excluding carboxylic acids is 1. The molecule has 1 aliphatic rings. The van der Waals surface area contributed by atoms with Crippen LogP contribution in [0.1, 0.15) is 13.3 Å². The molecule has 0 aromatic heterocycles. The van der Waals surface area contributed by atoms with Crippen LogP contribution in [0.3, 0.4) is 0 Å². The summed E-state index contributed by atoms with van der Waals surface area (Å²) < 4.78 is 41.7. The van der Waals surface area contributed by atoms with Gasteiger partial charge in [-0.2, -0.15) is 13.2 Å². The lowest BCUT2D eigenvalue weighted by atomic mass is 10.1. The predicted molar refractivity (Wildman–Crippen MR) is 49.2 cm³/mol. The molecule has 0 aromatic carbocycles. The quantitative estimate of drug-likeness (QED) is 0.786. The Labute approximate surface area is 95.1 Å². The predicted octanol–water partition coefficient (Wildman–Crippen LogP) is 0.639. The summed E-state index contributed by atoms with van der Waals surface area (Å²) in [6.07, 6.45) is -7.03. The minimum absolute atomic E-state index is 0.421. The highest BCUT2D eigenvalue weighted by Crippen LogP contribution is 2.28. The molecule has 0 unspecified atom stereocenters. The van der Waals surface area contributed by atoms with Gasteiger partial charge in [0, 0.05) is 6.92 Å². The molecule has 1 fully saturated rings. The molecule has 1 aliphatic heterocycles. The Bertz CT molecular complexity index is 318. The van der Waals surface area contributed by atoms with E-state index in [1.807, 2.05) is 0 Å². The fourth-order valence-corrected chi connectivity index (χ4v) is 1.65. The van der Waals surface area contributed by atoms with Gasteiger partial charge < -0.3 is 14.7 Å². The maximum atomic E-state index is 12.4. The molecular formula is C9H12F3NO4. The molecule has 1 rings (SSSR count). The third-order valence-electron chi connectivity index (χ3n) is 2.47. The summed E-state index contributed by atoms with van der Waals surface area (Å²) in [5, 5.41) is 8.58. The zero-order chi connectivity index (χ0) is 13.2. The molecule has 0 aliphatic carbocycles. The number of amides is 1. The van der Waals surface area contributed by atoms with Gasteiger partial charge in [-0.1, -0.05) is 0 Å². The van der Waals surface area contributed by atoms with Crippen molar-refractivity contribution in [1.82, 2.24) is 4.90 Å². The van der Waals surface area contributed by atoms with Crippen LogP contribution >= 0.6 is 0 Å². The number of aliphatic carboxylic acids is 1. The van der Waals surface area contributed by atoms with Crippen molar-refractivity contribution in [3.05, 3.63) is 0 Å². The topological polar surface area (TPSA) is 66.8 Å². The molecule has 0 bridgehead atoms. The van der Waals surface area contributed by atoms with Gasteiger partial charge in [0.05, 0.1) is 25.6 Å². The average Bonchev–Trinajstić information content (AvgIpc) is 2.15. The van der Waals surface area contributed by atoms with Gasteiger partial charge in [0.2, 0.25) is 5.91 Å². The van der Waals surface area contributed by atoms with E-state index in [2.05, 4.69) is 4.74 Å². The van der Waals surface area contributed by atoms with E-state index in [9.17, 15) is 22.8 Å². The first-order chi connectivity index (χ1) is 7.71.